The third kappa shape index (κ3) is 4.67. The van der Waals surface area contributed by atoms with E-state index in [4.69, 9.17) is 14.2 Å². The SMILES string of the molecule is CCCCN1CC[C@H](c2ccccc2N(C)C)[C@@H](COc2ccc3c(c2)OCO3)C1. The molecule has 5 heteroatoms. The van der Waals surface area contributed by atoms with Gasteiger partial charge in [-0.1, -0.05) is 31.5 Å². The Balaban J connectivity index is 1.51. The van der Waals surface area contributed by atoms with Crippen LogP contribution in [0, 0.1) is 5.92 Å². The van der Waals surface area contributed by atoms with Crippen molar-refractivity contribution in [3.05, 3.63) is 48.0 Å². The van der Waals surface area contributed by atoms with Gasteiger partial charge in [0.1, 0.15) is 5.75 Å². The molecule has 0 aliphatic carbocycles. The standard InChI is InChI=1S/C25H34N2O3/c1-4-5-13-27-14-12-21(22-8-6-7-9-23(22)26(2)3)19(16-27)17-28-20-10-11-24-25(15-20)30-18-29-24/h6-11,15,19,21H,4-5,12-14,16-18H2,1-3H3/t19-,21+/m1/s1. The highest BCUT2D eigenvalue weighted by molar-refractivity contribution is 5.54. The van der Waals surface area contributed by atoms with Gasteiger partial charge in [-0.05, 0) is 55.6 Å². The number of benzene rings is 2. The number of fused-ring (bicyclic) bond motifs is 1. The van der Waals surface area contributed by atoms with Crippen molar-refractivity contribution in [3.8, 4) is 17.2 Å². The third-order valence-corrected chi connectivity index (χ3v) is 6.27. The zero-order valence-electron chi connectivity index (χ0n) is 18.5. The lowest BCUT2D eigenvalue weighted by molar-refractivity contribution is 0.110. The molecule has 2 aromatic carbocycles. The van der Waals surface area contributed by atoms with Gasteiger partial charge in [-0.2, -0.15) is 0 Å². The Morgan fingerprint density at radius 3 is 2.77 bits per heavy atom. The Bertz CT molecular complexity index is 839. The predicted molar refractivity (Wildman–Crippen MR) is 121 cm³/mol. The van der Waals surface area contributed by atoms with Crippen molar-refractivity contribution < 1.29 is 14.2 Å². The van der Waals surface area contributed by atoms with E-state index in [0.29, 0.717) is 18.4 Å². The van der Waals surface area contributed by atoms with Crippen molar-refractivity contribution in [1.82, 2.24) is 4.90 Å². The second kappa shape index (κ2) is 9.61. The van der Waals surface area contributed by atoms with Gasteiger partial charge in [0.2, 0.25) is 6.79 Å². The molecule has 1 fully saturated rings. The molecule has 0 saturated carbocycles. The van der Waals surface area contributed by atoms with Crippen LogP contribution in [0.5, 0.6) is 17.2 Å². The molecule has 162 valence electrons. The van der Waals surface area contributed by atoms with E-state index in [1.165, 1.54) is 37.1 Å². The molecule has 0 unspecified atom stereocenters. The fourth-order valence-corrected chi connectivity index (χ4v) is 4.65. The van der Waals surface area contributed by atoms with Crippen molar-refractivity contribution in [3.63, 3.8) is 0 Å². The molecule has 2 atom stereocenters. The van der Waals surface area contributed by atoms with Crippen LogP contribution in [0.4, 0.5) is 5.69 Å². The van der Waals surface area contributed by atoms with Gasteiger partial charge in [0.05, 0.1) is 6.61 Å². The minimum absolute atomic E-state index is 0.289. The van der Waals surface area contributed by atoms with Gasteiger partial charge >= 0.3 is 0 Å². The summed E-state index contributed by atoms with van der Waals surface area (Å²) < 4.78 is 17.2. The Hall–Kier alpha value is -2.40. The lowest BCUT2D eigenvalue weighted by Crippen LogP contribution is -2.42. The molecule has 1 saturated heterocycles. The summed E-state index contributed by atoms with van der Waals surface area (Å²) in [6, 6.07) is 14.7. The van der Waals surface area contributed by atoms with Gasteiger partial charge in [-0.15, -0.1) is 0 Å². The molecule has 0 aromatic heterocycles. The van der Waals surface area contributed by atoms with E-state index in [-0.39, 0.29) is 6.79 Å². The van der Waals surface area contributed by atoms with Gasteiger partial charge in [-0.25, -0.2) is 0 Å². The highest BCUT2D eigenvalue weighted by Gasteiger charge is 2.32. The van der Waals surface area contributed by atoms with Gasteiger partial charge < -0.3 is 24.0 Å². The maximum absolute atomic E-state index is 6.30. The number of ether oxygens (including phenoxy) is 3. The van der Waals surface area contributed by atoms with Crippen LogP contribution in [0.25, 0.3) is 0 Å². The molecular weight excluding hydrogens is 376 g/mol. The molecule has 0 bridgehead atoms. The number of likely N-dealkylation sites (tertiary alicyclic amines) is 1. The maximum atomic E-state index is 6.30. The quantitative estimate of drug-likeness (QED) is 0.626. The minimum atomic E-state index is 0.289. The minimum Gasteiger partial charge on any atom is -0.493 e. The first-order chi connectivity index (χ1) is 14.7. The Kier molecular flexibility index (Phi) is 6.68. The first-order valence-corrected chi connectivity index (χ1v) is 11.2. The summed E-state index contributed by atoms with van der Waals surface area (Å²) >= 11 is 0. The van der Waals surface area contributed by atoms with Gasteiger partial charge in [-0.3, -0.25) is 0 Å². The molecule has 2 aliphatic heterocycles. The Labute approximate surface area is 180 Å². The molecule has 0 spiro atoms. The molecule has 0 N–H and O–H groups in total. The van der Waals surface area contributed by atoms with Crippen LogP contribution in [-0.2, 0) is 0 Å². The summed E-state index contributed by atoms with van der Waals surface area (Å²) in [7, 11) is 4.26. The lowest BCUT2D eigenvalue weighted by Gasteiger charge is -2.40. The van der Waals surface area contributed by atoms with Crippen LogP contribution in [0.3, 0.4) is 0 Å². The van der Waals surface area contributed by atoms with E-state index in [1.807, 2.05) is 18.2 Å². The summed E-state index contributed by atoms with van der Waals surface area (Å²) in [6.07, 6.45) is 3.67. The summed E-state index contributed by atoms with van der Waals surface area (Å²) in [5.74, 6) is 3.36. The van der Waals surface area contributed by atoms with E-state index in [9.17, 15) is 0 Å². The zero-order valence-corrected chi connectivity index (χ0v) is 18.5. The van der Waals surface area contributed by atoms with Crippen LogP contribution in [-0.4, -0.2) is 52.0 Å². The molecule has 0 radical (unpaired) electrons. The summed E-state index contributed by atoms with van der Waals surface area (Å²) in [5.41, 5.74) is 2.76. The van der Waals surface area contributed by atoms with Crippen molar-refractivity contribution in [2.24, 2.45) is 5.92 Å². The molecule has 2 heterocycles. The van der Waals surface area contributed by atoms with Crippen LogP contribution < -0.4 is 19.1 Å². The fraction of sp³-hybridized carbons (Fsp3) is 0.520. The molecule has 30 heavy (non-hydrogen) atoms. The van der Waals surface area contributed by atoms with Crippen molar-refractivity contribution in [2.45, 2.75) is 32.1 Å². The number of rotatable bonds is 8. The van der Waals surface area contributed by atoms with Crippen LogP contribution in [0.2, 0.25) is 0 Å². The summed E-state index contributed by atoms with van der Waals surface area (Å²) in [4.78, 5) is 4.85. The summed E-state index contributed by atoms with van der Waals surface area (Å²) in [6.45, 7) is 6.68. The topological polar surface area (TPSA) is 34.2 Å². The van der Waals surface area contributed by atoms with Gasteiger partial charge in [0.15, 0.2) is 11.5 Å². The normalized spacial score (nSPS) is 20.9. The Morgan fingerprint density at radius 2 is 1.93 bits per heavy atom. The van der Waals surface area contributed by atoms with E-state index in [2.05, 4.69) is 55.1 Å². The van der Waals surface area contributed by atoms with Crippen LogP contribution >= 0.6 is 0 Å². The molecule has 0 amide bonds. The van der Waals surface area contributed by atoms with E-state index in [1.54, 1.807) is 0 Å². The van der Waals surface area contributed by atoms with Crippen molar-refractivity contribution >= 4 is 5.69 Å². The maximum Gasteiger partial charge on any atom is 0.231 e. The fourth-order valence-electron chi connectivity index (χ4n) is 4.65. The largest absolute Gasteiger partial charge is 0.493 e. The Morgan fingerprint density at radius 1 is 1.10 bits per heavy atom. The van der Waals surface area contributed by atoms with E-state index in [0.717, 1.165) is 30.3 Å². The number of anilines is 1. The molecular formula is C25H34N2O3. The monoisotopic (exact) mass is 410 g/mol. The first kappa shape index (κ1) is 20.9. The van der Waals surface area contributed by atoms with E-state index < -0.39 is 0 Å². The molecule has 5 nitrogen and oxygen atoms in total. The van der Waals surface area contributed by atoms with Gasteiger partial charge in [0.25, 0.3) is 0 Å². The predicted octanol–water partition coefficient (Wildman–Crippen LogP) is 4.77. The molecule has 4 rings (SSSR count). The van der Waals surface area contributed by atoms with Crippen LogP contribution in [0.1, 0.15) is 37.7 Å². The smallest absolute Gasteiger partial charge is 0.231 e. The number of hydrogen-bond acceptors (Lipinski definition) is 5. The van der Waals surface area contributed by atoms with Crippen molar-refractivity contribution in [1.29, 1.82) is 0 Å². The first-order valence-electron chi connectivity index (χ1n) is 11.2. The lowest BCUT2D eigenvalue weighted by atomic mass is 9.80. The van der Waals surface area contributed by atoms with E-state index >= 15 is 0 Å². The number of hydrogen-bond donors (Lipinski definition) is 0. The zero-order chi connectivity index (χ0) is 20.9. The average molecular weight is 411 g/mol. The average Bonchev–Trinajstić information content (AvgIpc) is 3.24. The van der Waals surface area contributed by atoms with Gasteiger partial charge in [0, 0.05) is 38.3 Å². The van der Waals surface area contributed by atoms with Crippen molar-refractivity contribution in [2.75, 3.05) is 52.0 Å². The summed E-state index contributed by atoms with van der Waals surface area (Å²) in [5, 5.41) is 0. The number of nitrogens with zero attached hydrogens (tertiary/aromatic N) is 2. The molecule has 2 aliphatic rings. The number of unbranched alkanes of at least 4 members (excludes halogenated alkanes) is 1. The number of piperidine rings is 1. The molecule has 2 aromatic rings. The highest BCUT2D eigenvalue weighted by Crippen LogP contribution is 2.39. The number of para-hydroxylation sites is 1. The van der Waals surface area contributed by atoms with Crippen LogP contribution in [0.15, 0.2) is 42.5 Å². The third-order valence-electron chi connectivity index (χ3n) is 6.27. The highest BCUT2D eigenvalue weighted by atomic mass is 16.7. The second-order valence-corrected chi connectivity index (χ2v) is 8.59. The second-order valence-electron chi connectivity index (χ2n) is 8.59.